The zero-order valence-electron chi connectivity index (χ0n) is 8.43. The van der Waals surface area contributed by atoms with Crippen LogP contribution in [0.15, 0.2) is 12.2 Å². The molecule has 4 heteroatoms. The summed E-state index contributed by atoms with van der Waals surface area (Å²) in [4.78, 5) is 20.6. The van der Waals surface area contributed by atoms with Crippen molar-refractivity contribution in [1.82, 2.24) is 0 Å². The second-order valence-corrected chi connectivity index (χ2v) is 3.54. The zero-order valence-corrected chi connectivity index (χ0v) is 8.43. The predicted molar refractivity (Wildman–Crippen MR) is 52.0 cm³/mol. The molecule has 0 aliphatic carbocycles. The summed E-state index contributed by atoms with van der Waals surface area (Å²) in [5.41, 5.74) is 0. The topological polar surface area (TPSA) is 74.6 Å². The third-order valence-electron chi connectivity index (χ3n) is 1.76. The third-order valence-corrected chi connectivity index (χ3v) is 1.76. The van der Waals surface area contributed by atoms with E-state index in [2.05, 4.69) is 0 Å². The maximum Gasteiger partial charge on any atom is 0.303 e. The van der Waals surface area contributed by atoms with Crippen molar-refractivity contribution in [1.29, 1.82) is 0 Å². The molecule has 0 heterocycles. The van der Waals surface area contributed by atoms with Gasteiger partial charge in [-0.15, -0.1) is 0 Å². The Bertz CT molecular complexity index is 208. The molecule has 14 heavy (non-hydrogen) atoms. The van der Waals surface area contributed by atoms with Gasteiger partial charge in [0.15, 0.2) is 0 Å². The lowest BCUT2D eigenvalue weighted by molar-refractivity contribution is -0.138. The first-order valence-electron chi connectivity index (χ1n) is 4.53. The molecule has 2 N–H and O–H groups in total. The Hall–Kier alpha value is -1.32. The molecule has 0 aromatic heterocycles. The highest BCUT2D eigenvalue weighted by Crippen LogP contribution is 2.09. The Balaban J connectivity index is 3.90. The van der Waals surface area contributed by atoms with E-state index >= 15 is 0 Å². The molecule has 0 saturated heterocycles. The standard InChI is InChI=1S/C10H16O4/c1-7(5-9(11)12)3-4-8(2)6-10(13)14/h3-4,7-8H,5-6H2,1-2H3,(H,11,12)(H,13,14). The molecule has 0 spiro atoms. The van der Waals surface area contributed by atoms with Gasteiger partial charge >= 0.3 is 11.9 Å². The molecule has 0 aromatic rings. The van der Waals surface area contributed by atoms with Gasteiger partial charge in [-0.2, -0.15) is 0 Å². The summed E-state index contributed by atoms with van der Waals surface area (Å²) in [6.07, 6.45) is 3.66. The first-order chi connectivity index (χ1) is 6.41. The van der Waals surface area contributed by atoms with Crippen molar-refractivity contribution in [3.8, 4) is 0 Å². The zero-order chi connectivity index (χ0) is 11.1. The van der Waals surface area contributed by atoms with E-state index in [4.69, 9.17) is 10.2 Å². The minimum atomic E-state index is -0.840. The minimum Gasteiger partial charge on any atom is -0.481 e. The molecule has 0 radical (unpaired) electrons. The summed E-state index contributed by atoms with van der Waals surface area (Å²) in [5, 5.41) is 16.9. The van der Waals surface area contributed by atoms with Gasteiger partial charge < -0.3 is 10.2 Å². The quantitative estimate of drug-likeness (QED) is 0.641. The summed E-state index contributed by atoms with van der Waals surface area (Å²) in [7, 11) is 0. The Morgan fingerprint density at radius 3 is 1.50 bits per heavy atom. The van der Waals surface area contributed by atoms with E-state index in [1.165, 1.54) is 0 Å². The highest BCUT2D eigenvalue weighted by atomic mass is 16.4. The lowest BCUT2D eigenvalue weighted by atomic mass is 10.0. The summed E-state index contributed by atoms with van der Waals surface area (Å²) < 4.78 is 0. The molecule has 4 nitrogen and oxygen atoms in total. The maximum absolute atomic E-state index is 10.3. The molecule has 2 atom stereocenters. The minimum absolute atomic E-state index is 0.0521. The van der Waals surface area contributed by atoms with Crippen molar-refractivity contribution in [3.05, 3.63) is 12.2 Å². The first-order valence-corrected chi connectivity index (χ1v) is 4.53. The highest BCUT2D eigenvalue weighted by Gasteiger charge is 2.06. The van der Waals surface area contributed by atoms with Crippen LogP contribution in [0.1, 0.15) is 26.7 Å². The molecular weight excluding hydrogens is 184 g/mol. The second-order valence-electron chi connectivity index (χ2n) is 3.54. The van der Waals surface area contributed by atoms with Crippen LogP contribution in [0.4, 0.5) is 0 Å². The normalized spacial score (nSPS) is 15.3. The monoisotopic (exact) mass is 200 g/mol. The number of carboxylic acids is 2. The fourth-order valence-corrected chi connectivity index (χ4v) is 1.07. The predicted octanol–water partition coefficient (Wildman–Crippen LogP) is 1.76. The van der Waals surface area contributed by atoms with Gasteiger partial charge in [0.1, 0.15) is 0 Å². The molecule has 0 amide bonds. The highest BCUT2D eigenvalue weighted by molar-refractivity contribution is 5.67. The Morgan fingerprint density at radius 2 is 1.29 bits per heavy atom. The molecule has 80 valence electrons. The van der Waals surface area contributed by atoms with Gasteiger partial charge in [0, 0.05) is 0 Å². The van der Waals surface area contributed by atoms with Gasteiger partial charge in [-0.1, -0.05) is 26.0 Å². The van der Waals surface area contributed by atoms with Gasteiger partial charge in [-0.25, -0.2) is 0 Å². The maximum atomic E-state index is 10.3. The Kier molecular flexibility index (Phi) is 5.60. The number of aliphatic carboxylic acids is 2. The largest absolute Gasteiger partial charge is 0.481 e. The van der Waals surface area contributed by atoms with Crippen LogP contribution in [0.3, 0.4) is 0 Å². The molecule has 0 rings (SSSR count). The molecule has 0 bridgehead atoms. The fraction of sp³-hybridized carbons (Fsp3) is 0.600. The lowest BCUT2D eigenvalue weighted by Gasteiger charge is -2.04. The van der Waals surface area contributed by atoms with Crippen LogP contribution in [-0.2, 0) is 9.59 Å². The second kappa shape index (κ2) is 6.18. The van der Waals surface area contributed by atoms with Crippen molar-refractivity contribution in [2.24, 2.45) is 11.8 Å². The van der Waals surface area contributed by atoms with Crippen molar-refractivity contribution >= 4 is 11.9 Å². The van der Waals surface area contributed by atoms with Gasteiger partial charge in [0.25, 0.3) is 0 Å². The SMILES string of the molecule is CC(C=CC(C)CC(=O)O)CC(=O)O. The van der Waals surface area contributed by atoms with E-state index in [9.17, 15) is 9.59 Å². The van der Waals surface area contributed by atoms with Crippen LogP contribution in [-0.4, -0.2) is 22.2 Å². The van der Waals surface area contributed by atoms with Gasteiger partial charge in [0.05, 0.1) is 12.8 Å². The van der Waals surface area contributed by atoms with Crippen molar-refractivity contribution in [2.75, 3.05) is 0 Å². The van der Waals surface area contributed by atoms with Crippen LogP contribution < -0.4 is 0 Å². The molecule has 2 unspecified atom stereocenters. The fourth-order valence-electron chi connectivity index (χ4n) is 1.07. The lowest BCUT2D eigenvalue weighted by Crippen LogP contribution is -2.04. The van der Waals surface area contributed by atoms with Crippen molar-refractivity contribution < 1.29 is 19.8 Å². The average Bonchev–Trinajstić information content (AvgIpc) is 1.98. The summed E-state index contributed by atoms with van der Waals surface area (Å²) in [6.45, 7) is 3.58. The average molecular weight is 200 g/mol. The van der Waals surface area contributed by atoms with E-state index in [0.717, 1.165) is 0 Å². The van der Waals surface area contributed by atoms with Crippen LogP contribution in [0.5, 0.6) is 0 Å². The molecular formula is C10H16O4. The number of hydrogen-bond acceptors (Lipinski definition) is 2. The smallest absolute Gasteiger partial charge is 0.303 e. The van der Waals surface area contributed by atoms with Crippen LogP contribution >= 0.6 is 0 Å². The molecule has 0 aliphatic rings. The number of hydrogen-bond donors (Lipinski definition) is 2. The van der Waals surface area contributed by atoms with Gasteiger partial charge in [0.2, 0.25) is 0 Å². The van der Waals surface area contributed by atoms with E-state index in [1.54, 1.807) is 26.0 Å². The van der Waals surface area contributed by atoms with Crippen molar-refractivity contribution in [2.45, 2.75) is 26.7 Å². The Morgan fingerprint density at radius 1 is 1.00 bits per heavy atom. The van der Waals surface area contributed by atoms with Crippen LogP contribution in [0.2, 0.25) is 0 Å². The number of rotatable bonds is 6. The van der Waals surface area contributed by atoms with E-state index in [1.807, 2.05) is 0 Å². The van der Waals surface area contributed by atoms with E-state index in [-0.39, 0.29) is 24.7 Å². The van der Waals surface area contributed by atoms with E-state index < -0.39 is 11.9 Å². The number of carbonyl (C=O) groups is 2. The van der Waals surface area contributed by atoms with Crippen LogP contribution in [0, 0.1) is 11.8 Å². The van der Waals surface area contributed by atoms with E-state index in [0.29, 0.717) is 0 Å². The number of allylic oxidation sites excluding steroid dienone is 2. The van der Waals surface area contributed by atoms with Gasteiger partial charge in [-0.3, -0.25) is 9.59 Å². The summed E-state index contributed by atoms with van der Waals surface area (Å²) in [6, 6.07) is 0. The molecule has 0 fully saturated rings. The molecule has 0 saturated carbocycles. The number of carboxylic acid groups (broad SMARTS) is 2. The Labute approximate surface area is 83.2 Å². The molecule has 0 aromatic carbocycles. The first kappa shape index (κ1) is 12.7. The van der Waals surface area contributed by atoms with Crippen molar-refractivity contribution in [3.63, 3.8) is 0 Å². The third kappa shape index (κ3) is 7.34. The summed E-state index contributed by atoms with van der Waals surface area (Å²) >= 11 is 0. The summed E-state index contributed by atoms with van der Waals surface area (Å²) in [5.74, 6) is -1.78. The van der Waals surface area contributed by atoms with Crippen LogP contribution in [0.25, 0.3) is 0 Å². The molecule has 0 aliphatic heterocycles. The van der Waals surface area contributed by atoms with Gasteiger partial charge in [-0.05, 0) is 11.8 Å².